The van der Waals surface area contributed by atoms with Gasteiger partial charge in [-0.25, -0.2) is 4.39 Å². The van der Waals surface area contributed by atoms with E-state index in [4.69, 9.17) is 23.2 Å². The smallest absolute Gasteiger partial charge is 0.334 e. The first-order valence-electron chi connectivity index (χ1n) is 11.5. The second-order valence-corrected chi connectivity index (χ2v) is 9.65. The Hall–Kier alpha value is -3.49. The highest BCUT2D eigenvalue weighted by Crippen LogP contribution is 2.53. The van der Waals surface area contributed by atoms with Crippen molar-refractivity contribution in [1.29, 1.82) is 5.26 Å². The number of carbonyl (C=O) groups excluding carboxylic acids is 1. The Labute approximate surface area is 235 Å². The van der Waals surface area contributed by atoms with Crippen LogP contribution in [-0.4, -0.2) is 36.8 Å². The van der Waals surface area contributed by atoms with Gasteiger partial charge < -0.3 is 4.90 Å². The van der Waals surface area contributed by atoms with Crippen molar-refractivity contribution in [2.24, 2.45) is 0 Å². The molecule has 40 heavy (non-hydrogen) atoms. The lowest BCUT2D eigenvalue weighted by molar-refractivity contribution is -0.348. The van der Waals surface area contributed by atoms with Gasteiger partial charge in [-0.1, -0.05) is 59.6 Å². The molecule has 0 aliphatic carbocycles. The van der Waals surface area contributed by atoms with E-state index >= 15 is 0 Å². The number of nitriles is 1. The Kier molecular flexibility index (Phi) is 9.27. The Morgan fingerprint density at radius 3 is 1.88 bits per heavy atom. The molecular formula is C27H20Cl2F7N3O. The maximum absolute atomic E-state index is 14.4. The van der Waals surface area contributed by atoms with Gasteiger partial charge in [-0.05, 0) is 47.9 Å². The van der Waals surface area contributed by atoms with Crippen molar-refractivity contribution in [3.8, 4) is 6.19 Å². The minimum absolute atomic E-state index is 0.0428. The standard InChI is InChI=1S/C27H20Cl2F7N3O/c1-38(16-37)23-11-10-21(29)14-22(23)24(40)39(13-12-17-4-8-20(28)9-5-17)15-18-2-6-19(7-3-18)25(30,26(31,32)33)27(34,35)36/h2-11,14H,12-13,15H2,1H3. The van der Waals surface area contributed by atoms with Crippen LogP contribution in [-0.2, 0) is 18.6 Å². The summed E-state index contributed by atoms with van der Waals surface area (Å²) in [6, 6.07) is 13.6. The maximum Gasteiger partial charge on any atom is 0.435 e. The first kappa shape index (κ1) is 31.0. The molecule has 13 heteroatoms. The minimum Gasteiger partial charge on any atom is -0.334 e. The number of alkyl halides is 7. The van der Waals surface area contributed by atoms with Gasteiger partial charge in [0.15, 0.2) is 6.19 Å². The second kappa shape index (κ2) is 11.9. The van der Waals surface area contributed by atoms with E-state index in [1.54, 1.807) is 24.3 Å². The molecule has 0 heterocycles. The zero-order valence-electron chi connectivity index (χ0n) is 20.6. The number of carbonyl (C=O) groups is 1. The van der Waals surface area contributed by atoms with Crippen LogP contribution < -0.4 is 4.90 Å². The third-order valence-electron chi connectivity index (χ3n) is 6.08. The van der Waals surface area contributed by atoms with Crippen molar-refractivity contribution in [3.05, 3.63) is 99.0 Å². The van der Waals surface area contributed by atoms with E-state index in [9.17, 15) is 40.8 Å². The fourth-order valence-electron chi connectivity index (χ4n) is 3.91. The fourth-order valence-corrected chi connectivity index (χ4v) is 4.21. The summed E-state index contributed by atoms with van der Waals surface area (Å²) in [6.45, 7) is -0.200. The predicted molar refractivity (Wildman–Crippen MR) is 137 cm³/mol. The van der Waals surface area contributed by atoms with E-state index in [1.807, 2.05) is 6.19 Å². The number of hydrogen-bond acceptors (Lipinski definition) is 3. The lowest BCUT2D eigenvalue weighted by atomic mass is 9.93. The van der Waals surface area contributed by atoms with Gasteiger partial charge in [0.1, 0.15) is 0 Å². The number of benzene rings is 3. The van der Waals surface area contributed by atoms with Crippen LogP contribution in [0.4, 0.5) is 36.4 Å². The van der Waals surface area contributed by atoms with E-state index in [2.05, 4.69) is 0 Å². The highest BCUT2D eigenvalue weighted by Gasteiger charge is 2.73. The van der Waals surface area contributed by atoms with Crippen molar-refractivity contribution >= 4 is 34.8 Å². The Morgan fingerprint density at radius 1 is 0.825 bits per heavy atom. The summed E-state index contributed by atoms with van der Waals surface area (Å²) in [5.74, 6) is -0.608. The van der Waals surface area contributed by atoms with Crippen molar-refractivity contribution in [2.75, 3.05) is 18.5 Å². The molecule has 0 spiro atoms. The van der Waals surface area contributed by atoms with Crippen LogP contribution >= 0.6 is 23.2 Å². The van der Waals surface area contributed by atoms with Gasteiger partial charge in [0.2, 0.25) is 0 Å². The van der Waals surface area contributed by atoms with Gasteiger partial charge in [-0.3, -0.25) is 9.69 Å². The summed E-state index contributed by atoms with van der Waals surface area (Å²) in [5, 5.41) is 10.0. The van der Waals surface area contributed by atoms with Crippen LogP contribution in [0.25, 0.3) is 0 Å². The molecular weight excluding hydrogens is 586 g/mol. The van der Waals surface area contributed by atoms with E-state index in [1.165, 1.54) is 30.1 Å². The van der Waals surface area contributed by atoms with Gasteiger partial charge in [0.05, 0.1) is 11.3 Å². The monoisotopic (exact) mass is 605 g/mol. The molecule has 0 N–H and O–H groups in total. The normalized spacial score (nSPS) is 12.1. The highest BCUT2D eigenvalue weighted by molar-refractivity contribution is 6.31. The molecule has 0 saturated heterocycles. The molecule has 0 bridgehead atoms. The number of nitrogens with zero attached hydrogens (tertiary/aromatic N) is 3. The zero-order chi connectivity index (χ0) is 29.9. The summed E-state index contributed by atoms with van der Waals surface area (Å²) < 4.78 is 93.3. The van der Waals surface area contributed by atoms with Crippen molar-refractivity contribution in [3.63, 3.8) is 0 Å². The molecule has 0 aliphatic rings. The predicted octanol–water partition coefficient (Wildman–Crippen LogP) is 8.09. The average molecular weight is 606 g/mol. The van der Waals surface area contributed by atoms with Crippen LogP contribution in [0, 0.1) is 11.5 Å². The summed E-state index contributed by atoms with van der Waals surface area (Å²) in [6.07, 6.45) is -10.3. The lowest BCUT2D eigenvalue weighted by Gasteiger charge is -2.30. The molecule has 4 nitrogen and oxygen atoms in total. The van der Waals surface area contributed by atoms with Crippen LogP contribution in [0.3, 0.4) is 0 Å². The highest BCUT2D eigenvalue weighted by atomic mass is 35.5. The molecule has 3 rings (SSSR count). The van der Waals surface area contributed by atoms with Gasteiger partial charge in [0.25, 0.3) is 5.91 Å². The van der Waals surface area contributed by atoms with Crippen LogP contribution in [0.5, 0.6) is 0 Å². The van der Waals surface area contributed by atoms with Gasteiger partial charge in [-0.15, -0.1) is 0 Å². The van der Waals surface area contributed by atoms with Crippen LogP contribution in [0.15, 0.2) is 66.7 Å². The Morgan fingerprint density at radius 2 is 1.35 bits per heavy atom. The number of halogens is 9. The molecule has 3 aromatic rings. The third-order valence-corrected chi connectivity index (χ3v) is 6.56. The van der Waals surface area contributed by atoms with Crippen molar-refractivity contribution < 1.29 is 35.5 Å². The minimum atomic E-state index is -6.25. The quantitative estimate of drug-likeness (QED) is 0.148. The molecule has 0 aliphatic heterocycles. The summed E-state index contributed by atoms with van der Waals surface area (Å²) in [5.41, 5.74) is -6.02. The molecule has 212 valence electrons. The maximum atomic E-state index is 14.4. The van der Waals surface area contributed by atoms with Gasteiger partial charge >= 0.3 is 18.0 Å². The van der Waals surface area contributed by atoms with Gasteiger partial charge in [-0.2, -0.15) is 31.6 Å². The van der Waals surface area contributed by atoms with Crippen molar-refractivity contribution in [2.45, 2.75) is 31.0 Å². The molecule has 0 fully saturated rings. The molecule has 0 atom stereocenters. The van der Waals surface area contributed by atoms with E-state index in [0.29, 0.717) is 23.6 Å². The molecule has 0 aromatic heterocycles. The Balaban J connectivity index is 1.98. The first-order chi connectivity index (χ1) is 18.6. The number of amides is 1. The number of rotatable bonds is 8. The summed E-state index contributed by atoms with van der Waals surface area (Å²) in [4.78, 5) is 16.1. The molecule has 1 amide bonds. The zero-order valence-corrected chi connectivity index (χ0v) is 22.1. The molecule has 0 saturated carbocycles. The second-order valence-electron chi connectivity index (χ2n) is 8.77. The molecule has 0 radical (unpaired) electrons. The summed E-state index contributed by atoms with van der Waals surface area (Å²) >= 11 is 12.0. The molecule has 3 aromatic carbocycles. The summed E-state index contributed by atoms with van der Waals surface area (Å²) in [7, 11) is 1.42. The number of anilines is 1. The van der Waals surface area contributed by atoms with Crippen molar-refractivity contribution in [1.82, 2.24) is 4.90 Å². The first-order valence-corrected chi connectivity index (χ1v) is 12.2. The van der Waals surface area contributed by atoms with E-state index < -0.39 is 29.5 Å². The van der Waals surface area contributed by atoms with E-state index in [0.717, 1.165) is 22.6 Å². The number of hydrogen-bond donors (Lipinski definition) is 0. The SMILES string of the molecule is CN(C#N)c1ccc(Cl)cc1C(=O)N(CCc1ccc(Cl)cc1)Cc1ccc(C(F)(C(F)(F)F)C(F)(F)F)cc1. The van der Waals surface area contributed by atoms with Gasteiger partial charge in [0, 0.05) is 35.7 Å². The van der Waals surface area contributed by atoms with E-state index in [-0.39, 0.29) is 34.9 Å². The largest absolute Gasteiger partial charge is 0.435 e. The van der Waals surface area contributed by atoms with Crippen LogP contribution in [0.1, 0.15) is 27.0 Å². The molecule has 0 unspecified atom stereocenters. The Bertz CT molecular complexity index is 1370. The topological polar surface area (TPSA) is 47.3 Å². The van der Waals surface area contributed by atoms with Crippen LogP contribution in [0.2, 0.25) is 10.0 Å². The lowest BCUT2D eigenvalue weighted by Crippen LogP contribution is -2.50. The third kappa shape index (κ3) is 6.62. The fraction of sp³-hybridized carbons (Fsp3) is 0.259. The average Bonchev–Trinajstić information content (AvgIpc) is 2.89.